The van der Waals surface area contributed by atoms with Gasteiger partial charge in [0.15, 0.2) is 0 Å². The van der Waals surface area contributed by atoms with Crippen LogP contribution >= 0.6 is 0 Å². The lowest BCUT2D eigenvalue weighted by Gasteiger charge is -2.27. The molecular weight excluding hydrogens is 162 g/mol. The minimum absolute atomic E-state index is 1.21. The van der Waals surface area contributed by atoms with Gasteiger partial charge >= 0.3 is 5.96 Å². The molecule has 0 amide bonds. The molecule has 0 aromatic carbocycles. The van der Waals surface area contributed by atoms with Gasteiger partial charge in [-0.3, -0.25) is 14.4 Å². The van der Waals surface area contributed by atoms with Gasteiger partial charge in [0.1, 0.15) is 0 Å². The first-order chi connectivity index (χ1) is 6.13. The lowest BCUT2D eigenvalue weighted by molar-refractivity contribution is -0.476. The zero-order chi connectivity index (χ0) is 9.84. The first kappa shape index (κ1) is 10.4. The number of likely N-dealkylation sites (tertiary alicyclic amines) is 1. The molecule has 1 aliphatic heterocycles. The van der Waals surface area contributed by atoms with Crippen LogP contribution in [0.4, 0.5) is 0 Å². The van der Waals surface area contributed by atoms with E-state index in [4.69, 9.17) is 0 Å². The SMILES string of the molecule is CN(C)C(N1CCCCC1)=[N+](C)C. The lowest BCUT2D eigenvalue weighted by Crippen LogP contribution is -2.47. The maximum atomic E-state index is 2.48. The molecule has 0 aromatic heterocycles. The summed E-state index contributed by atoms with van der Waals surface area (Å²) in [4.78, 5) is 4.68. The molecule has 1 rings (SSSR count). The third-order valence-electron chi connectivity index (χ3n) is 2.44. The zero-order valence-corrected chi connectivity index (χ0v) is 9.38. The third-order valence-corrected chi connectivity index (χ3v) is 2.44. The molecule has 0 aromatic rings. The van der Waals surface area contributed by atoms with Gasteiger partial charge in [0.05, 0.1) is 41.3 Å². The Morgan fingerprint density at radius 2 is 1.62 bits per heavy atom. The fourth-order valence-electron chi connectivity index (χ4n) is 2.06. The first-order valence-electron chi connectivity index (χ1n) is 5.09. The quantitative estimate of drug-likeness (QED) is 0.311. The second kappa shape index (κ2) is 4.49. The fourth-order valence-corrected chi connectivity index (χ4v) is 2.06. The summed E-state index contributed by atoms with van der Waals surface area (Å²) in [6.45, 7) is 2.43. The summed E-state index contributed by atoms with van der Waals surface area (Å²) in [5, 5.41) is 0. The van der Waals surface area contributed by atoms with Crippen molar-refractivity contribution in [3.8, 4) is 0 Å². The van der Waals surface area contributed by atoms with Gasteiger partial charge < -0.3 is 0 Å². The van der Waals surface area contributed by atoms with E-state index in [2.05, 4.69) is 42.6 Å². The number of hydrogen-bond donors (Lipinski definition) is 0. The normalized spacial score (nSPS) is 17.1. The summed E-state index contributed by atoms with van der Waals surface area (Å²) >= 11 is 0. The summed E-state index contributed by atoms with van der Waals surface area (Å²) in [7, 11) is 8.46. The Kier molecular flexibility index (Phi) is 3.58. The highest BCUT2D eigenvalue weighted by Crippen LogP contribution is 2.09. The van der Waals surface area contributed by atoms with Crippen LogP contribution in [0.2, 0.25) is 0 Å². The summed E-state index contributed by atoms with van der Waals surface area (Å²) in [5.74, 6) is 1.33. The predicted octanol–water partition coefficient (Wildman–Crippen LogP) is 0.662. The Morgan fingerprint density at radius 1 is 1.08 bits per heavy atom. The van der Waals surface area contributed by atoms with E-state index in [1.54, 1.807) is 0 Å². The lowest BCUT2D eigenvalue weighted by atomic mass is 10.1. The van der Waals surface area contributed by atoms with Gasteiger partial charge in [-0.1, -0.05) is 0 Å². The summed E-state index contributed by atoms with van der Waals surface area (Å²) in [5.41, 5.74) is 0. The Labute approximate surface area is 81.6 Å². The van der Waals surface area contributed by atoms with Gasteiger partial charge in [0.25, 0.3) is 0 Å². The van der Waals surface area contributed by atoms with Crippen LogP contribution in [0, 0.1) is 0 Å². The molecule has 13 heavy (non-hydrogen) atoms. The summed E-state index contributed by atoms with van der Waals surface area (Å²) < 4.78 is 2.20. The van der Waals surface area contributed by atoms with E-state index in [0.29, 0.717) is 0 Å². The molecule has 0 unspecified atom stereocenters. The van der Waals surface area contributed by atoms with E-state index in [1.165, 1.54) is 38.3 Å². The van der Waals surface area contributed by atoms with E-state index in [9.17, 15) is 0 Å². The number of guanidine groups is 1. The molecular formula is C10H22N3+. The van der Waals surface area contributed by atoms with Crippen LogP contribution < -0.4 is 0 Å². The molecule has 1 heterocycles. The van der Waals surface area contributed by atoms with Crippen LogP contribution in [0.1, 0.15) is 19.3 Å². The van der Waals surface area contributed by atoms with Gasteiger partial charge in [-0.15, -0.1) is 0 Å². The van der Waals surface area contributed by atoms with Crippen LogP contribution in [0.25, 0.3) is 0 Å². The maximum absolute atomic E-state index is 2.48. The van der Waals surface area contributed by atoms with Crippen molar-refractivity contribution in [2.75, 3.05) is 41.3 Å². The molecule has 0 N–H and O–H groups in total. The molecule has 0 spiro atoms. The largest absolute Gasteiger partial charge is 0.349 e. The number of hydrogen-bond acceptors (Lipinski definition) is 0. The summed E-state index contributed by atoms with van der Waals surface area (Å²) in [6.07, 6.45) is 4.07. The highest BCUT2D eigenvalue weighted by molar-refractivity contribution is 5.74. The molecule has 0 radical (unpaired) electrons. The van der Waals surface area contributed by atoms with Gasteiger partial charge in [-0.2, -0.15) is 0 Å². The van der Waals surface area contributed by atoms with Crippen LogP contribution in [0.5, 0.6) is 0 Å². The van der Waals surface area contributed by atoms with Crippen molar-refractivity contribution in [3.63, 3.8) is 0 Å². The second-order valence-electron chi connectivity index (χ2n) is 4.14. The molecule has 1 aliphatic rings. The topological polar surface area (TPSA) is 9.49 Å². The number of piperidine rings is 1. The van der Waals surface area contributed by atoms with Crippen molar-refractivity contribution in [2.24, 2.45) is 0 Å². The van der Waals surface area contributed by atoms with Gasteiger partial charge in [-0.05, 0) is 19.3 Å². The van der Waals surface area contributed by atoms with Crippen molar-refractivity contribution in [2.45, 2.75) is 19.3 Å². The minimum Gasteiger partial charge on any atom is -0.270 e. The van der Waals surface area contributed by atoms with Crippen LogP contribution in [-0.4, -0.2) is 61.6 Å². The van der Waals surface area contributed by atoms with Crippen LogP contribution in [0.3, 0.4) is 0 Å². The van der Waals surface area contributed by atoms with Crippen molar-refractivity contribution in [1.82, 2.24) is 9.80 Å². The smallest absolute Gasteiger partial charge is 0.270 e. The van der Waals surface area contributed by atoms with Gasteiger partial charge in [0, 0.05) is 0 Å². The Hall–Kier alpha value is -0.730. The van der Waals surface area contributed by atoms with Crippen LogP contribution in [0.15, 0.2) is 0 Å². The molecule has 3 heteroatoms. The van der Waals surface area contributed by atoms with E-state index in [1.807, 2.05) is 0 Å². The highest BCUT2D eigenvalue weighted by Gasteiger charge is 2.23. The predicted molar refractivity (Wildman–Crippen MR) is 56.2 cm³/mol. The van der Waals surface area contributed by atoms with E-state index in [-0.39, 0.29) is 0 Å². The maximum Gasteiger partial charge on any atom is 0.349 e. The Bertz CT molecular complexity index is 186. The molecule has 1 fully saturated rings. The van der Waals surface area contributed by atoms with Crippen molar-refractivity contribution < 1.29 is 4.58 Å². The zero-order valence-electron chi connectivity index (χ0n) is 9.38. The Morgan fingerprint density at radius 3 is 2.00 bits per heavy atom. The standard InChI is InChI=1S/C10H22N3/c1-11(2)10(12(3)4)13-8-6-5-7-9-13/h5-9H2,1-4H3/q+1. The van der Waals surface area contributed by atoms with Crippen molar-refractivity contribution in [1.29, 1.82) is 0 Å². The molecule has 3 nitrogen and oxygen atoms in total. The minimum atomic E-state index is 1.21. The average molecular weight is 184 g/mol. The molecule has 0 bridgehead atoms. The average Bonchev–Trinajstić information content (AvgIpc) is 2.04. The fraction of sp³-hybridized carbons (Fsp3) is 0.900. The molecule has 1 saturated heterocycles. The number of nitrogens with zero attached hydrogens (tertiary/aromatic N) is 3. The second-order valence-corrected chi connectivity index (χ2v) is 4.14. The van der Waals surface area contributed by atoms with Crippen LogP contribution in [-0.2, 0) is 0 Å². The van der Waals surface area contributed by atoms with Gasteiger partial charge in [0.2, 0.25) is 0 Å². The molecule has 76 valence electrons. The molecule has 0 saturated carbocycles. The monoisotopic (exact) mass is 184 g/mol. The molecule has 0 atom stereocenters. The third kappa shape index (κ3) is 2.61. The van der Waals surface area contributed by atoms with E-state index >= 15 is 0 Å². The van der Waals surface area contributed by atoms with Crippen molar-refractivity contribution in [3.05, 3.63) is 0 Å². The summed E-state index contributed by atoms with van der Waals surface area (Å²) in [6, 6.07) is 0. The van der Waals surface area contributed by atoms with E-state index in [0.717, 1.165) is 0 Å². The number of rotatable bonds is 0. The first-order valence-corrected chi connectivity index (χ1v) is 5.09. The highest BCUT2D eigenvalue weighted by atomic mass is 15.4. The van der Waals surface area contributed by atoms with E-state index < -0.39 is 0 Å². The Balaban J connectivity index is 2.69. The molecule has 0 aliphatic carbocycles. The van der Waals surface area contributed by atoms with Gasteiger partial charge in [-0.25, -0.2) is 0 Å². The van der Waals surface area contributed by atoms with Crippen molar-refractivity contribution >= 4 is 5.96 Å².